The predicted molar refractivity (Wildman–Crippen MR) is 76.9 cm³/mol. The first-order chi connectivity index (χ1) is 9.01. The highest BCUT2D eigenvalue weighted by Crippen LogP contribution is 2.24. The predicted octanol–water partition coefficient (Wildman–Crippen LogP) is 1.49. The van der Waals surface area contributed by atoms with Gasteiger partial charge in [-0.25, -0.2) is 13.1 Å². The second-order valence-electron chi connectivity index (χ2n) is 4.49. The molecule has 0 saturated carbocycles. The van der Waals surface area contributed by atoms with Gasteiger partial charge in [0.05, 0.1) is 12.0 Å². The summed E-state index contributed by atoms with van der Waals surface area (Å²) in [5, 5.41) is 3.18. The van der Waals surface area contributed by atoms with Crippen LogP contribution in [0, 0.1) is 0 Å². The van der Waals surface area contributed by atoms with Crippen LogP contribution >= 0.6 is 15.9 Å². The van der Waals surface area contributed by atoms with E-state index in [1.54, 1.807) is 12.1 Å². The molecule has 1 atom stereocenters. The van der Waals surface area contributed by atoms with Gasteiger partial charge >= 0.3 is 0 Å². The molecule has 19 heavy (non-hydrogen) atoms. The molecule has 2 rings (SSSR count). The van der Waals surface area contributed by atoms with Gasteiger partial charge in [-0.1, -0.05) is 15.9 Å². The maximum Gasteiger partial charge on any atom is 0.241 e. The van der Waals surface area contributed by atoms with Crippen LogP contribution in [0.1, 0.15) is 12.8 Å². The van der Waals surface area contributed by atoms with Crippen molar-refractivity contribution < 1.29 is 13.2 Å². The van der Waals surface area contributed by atoms with Crippen molar-refractivity contribution >= 4 is 26.0 Å². The highest BCUT2D eigenvalue weighted by Gasteiger charge is 2.22. The van der Waals surface area contributed by atoms with E-state index in [0.717, 1.165) is 19.4 Å². The highest BCUT2D eigenvalue weighted by molar-refractivity contribution is 9.10. The van der Waals surface area contributed by atoms with Crippen molar-refractivity contribution in [1.82, 2.24) is 10.0 Å². The van der Waals surface area contributed by atoms with Crippen LogP contribution in [0.25, 0.3) is 0 Å². The first kappa shape index (κ1) is 14.8. The highest BCUT2D eigenvalue weighted by atomic mass is 79.9. The smallest absolute Gasteiger partial charge is 0.241 e. The summed E-state index contributed by atoms with van der Waals surface area (Å²) in [6.45, 7) is 1.62. The number of halogens is 1. The van der Waals surface area contributed by atoms with Crippen LogP contribution in [-0.4, -0.2) is 34.7 Å². The van der Waals surface area contributed by atoms with Crippen LogP contribution in [-0.2, 0) is 10.0 Å². The molecule has 0 radical (unpaired) electrons. The molecule has 0 spiro atoms. The Morgan fingerprint density at radius 1 is 1.42 bits per heavy atom. The number of piperidine rings is 1. The Hall–Kier alpha value is -0.630. The lowest BCUT2D eigenvalue weighted by molar-refractivity contribution is 0.412. The molecule has 1 heterocycles. The molecule has 1 fully saturated rings. The van der Waals surface area contributed by atoms with Gasteiger partial charge in [-0.05, 0) is 31.5 Å². The third kappa shape index (κ3) is 3.92. The molecule has 1 aliphatic rings. The summed E-state index contributed by atoms with van der Waals surface area (Å²) in [7, 11) is -2.00. The van der Waals surface area contributed by atoms with Gasteiger partial charge in [-0.2, -0.15) is 0 Å². The van der Waals surface area contributed by atoms with E-state index in [0.29, 0.717) is 16.8 Å². The van der Waals surface area contributed by atoms with Gasteiger partial charge in [0.2, 0.25) is 10.0 Å². The van der Waals surface area contributed by atoms with Crippen LogP contribution in [0.4, 0.5) is 0 Å². The van der Waals surface area contributed by atoms with Gasteiger partial charge in [-0.15, -0.1) is 0 Å². The summed E-state index contributed by atoms with van der Waals surface area (Å²) in [6, 6.07) is 4.76. The molecule has 1 aromatic carbocycles. The summed E-state index contributed by atoms with van der Waals surface area (Å²) in [6.07, 6.45) is 1.84. The molecule has 0 amide bonds. The molecule has 1 unspecified atom stereocenters. The van der Waals surface area contributed by atoms with Crippen molar-refractivity contribution in [2.75, 3.05) is 20.2 Å². The fourth-order valence-electron chi connectivity index (χ4n) is 2.05. The standard InChI is InChI=1S/C12H17BrN2O3S/c1-18-11-5-9(13)6-12(7-11)19(16,17)15-10-3-2-4-14-8-10/h5-7,10,14-15H,2-4,8H2,1H3. The number of hydrogen-bond acceptors (Lipinski definition) is 4. The zero-order valence-electron chi connectivity index (χ0n) is 10.6. The second kappa shape index (κ2) is 6.21. The summed E-state index contributed by atoms with van der Waals surface area (Å²) in [5.41, 5.74) is 0. The lowest BCUT2D eigenvalue weighted by Crippen LogP contribution is -2.45. The zero-order chi connectivity index (χ0) is 13.9. The minimum Gasteiger partial charge on any atom is -0.497 e. The number of ether oxygens (including phenoxy) is 1. The fraction of sp³-hybridized carbons (Fsp3) is 0.500. The average Bonchev–Trinajstić information content (AvgIpc) is 2.38. The first-order valence-corrected chi connectivity index (χ1v) is 8.36. The average molecular weight is 349 g/mol. The quantitative estimate of drug-likeness (QED) is 0.864. The Labute approximate surface area is 121 Å². The third-order valence-electron chi connectivity index (χ3n) is 3.01. The molecular weight excluding hydrogens is 332 g/mol. The molecule has 5 nitrogen and oxygen atoms in total. The summed E-state index contributed by atoms with van der Waals surface area (Å²) >= 11 is 3.29. The summed E-state index contributed by atoms with van der Waals surface area (Å²) in [5.74, 6) is 0.511. The lowest BCUT2D eigenvalue weighted by Gasteiger charge is -2.23. The SMILES string of the molecule is COc1cc(Br)cc(S(=O)(=O)NC2CCCNC2)c1. The van der Waals surface area contributed by atoms with E-state index >= 15 is 0 Å². The van der Waals surface area contributed by atoms with E-state index in [2.05, 4.69) is 26.0 Å². The van der Waals surface area contributed by atoms with Crippen molar-refractivity contribution in [3.8, 4) is 5.75 Å². The van der Waals surface area contributed by atoms with Crippen LogP contribution < -0.4 is 14.8 Å². The summed E-state index contributed by atoms with van der Waals surface area (Å²) in [4.78, 5) is 0.212. The van der Waals surface area contributed by atoms with Crippen molar-refractivity contribution in [3.05, 3.63) is 22.7 Å². The van der Waals surface area contributed by atoms with Gasteiger partial charge in [0.1, 0.15) is 5.75 Å². The van der Waals surface area contributed by atoms with Crippen molar-refractivity contribution in [2.45, 2.75) is 23.8 Å². The third-order valence-corrected chi connectivity index (χ3v) is 4.97. The van der Waals surface area contributed by atoms with Crippen molar-refractivity contribution in [2.24, 2.45) is 0 Å². The van der Waals surface area contributed by atoms with E-state index in [-0.39, 0.29) is 10.9 Å². The summed E-state index contributed by atoms with van der Waals surface area (Å²) < 4.78 is 33.1. The Kier molecular flexibility index (Phi) is 4.83. The number of methoxy groups -OCH3 is 1. The van der Waals surface area contributed by atoms with Gasteiger partial charge < -0.3 is 10.1 Å². The minimum atomic E-state index is -3.51. The topological polar surface area (TPSA) is 67.4 Å². The molecule has 106 valence electrons. The number of nitrogens with one attached hydrogen (secondary N) is 2. The largest absolute Gasteiger partial charge is 0.497 e. The van der Waals surface area contributed by atoms with E-state index in [9.17, 15) is 8.42 Å². The Bertz CT molecular complexity index is 542. The molecule has 7 heteroatoms. The monoisotopic (exact) mass is 348 g/mol. The fourth-order valence-corrected chi connectivity index (χ4v) is 4.00. The van der Waals surface area contributed by atoms with Crippen LogP contribution in [0.2, 0.25) is 0 Å². The molecule has 0 aliphatic carbocycles. The van der Waals surface area contributed by atoms with Gasteiger partial charge in [0.25, 0.3) is 0 Å². The Morgan fingerprint density at radius 3 is 2.84 bits per heavy atom. The molecule has 1 aliphatic heterocycles. The molecule has 1 saturated heterocycles. The molecule has 1 aromatic rings. The van der Waals surface area contributed by atoms with Crippen LogP contribution in [0.3, 0.4) is 0 Å². The van der Waals surface area contributed by atoms with Gasteiger partial charge in [0.15, 0.2) is 0 Å². The van der Waals surface area contributed by atoms with E-state index in [1.165, 1.54) is 13.2 Å². The molecule has 2 N–H and O–H groups in total. The minimum absolute atomic E-state index is 0.0521. The van der Waals surface area contributed by atoms with E-state index in [4.69, 9.17) is 4.74 Å². The van der Waals surface area contributed by atoms with Gasteiger partial charge in [0, 0.05) is 23.1 Å². The lowest BCUT2D eigenvalue weighted by atomic mass is 10.1. The Morgan fingerprint density at radius 2 is 2.21 bits per heavy atom. The normalized spacial score (nSPS) is 20.2. The molecule has 0 bridgehead atoms. The number of benzene rings is 1. The number of hydrogen-bond donors (Lipinski definition) is 2. The van der Waals surface area contributed by atoms with Gasteiger partial charge in [-0.3, -0.25) is 0 Å². The maximum absolute atomic E-state index is 12.3. The van der Waals surface area contributed by atoms with Crippen molar-refractivity contribution in [3.63, 3.8) is 0 Å². The Balaban J connectivity index is 2.20. The van der Waals surface area contributed by atoms with Crippen molar-refractivity contribution in [1.29, 1.82) is 0 Å². The van der Waals surface area contributed by atoms with Crippen LogP contribution in [0.15, 0.2) is 27.6 Å². The number of rotatable bonds is 4. The maximum atomic E-state index is 12.3. The van der Waals surface area contributed by atoms with E-state index < -0.39 is 10.0 Å². The van der Waals surface area contributed by atoms with E-state index in [1.807, 2.05) is 0 Å². The number of sulfonamides is 1. The van der Waals surface area contributed by atoms with Crippen LogP contribution in [0.5, 0.6) is 5.75 Å². The first-order valence-electron chi connectivity index (χ1n) is 6.09. The zero-order valence-corrected chi connectivity index (χ0v) is 13.1. The molecular formula is C12H17BrN2O3S. The second-order valence-corrected chi connectivity index (χ2v) is 7.12. The molecule has 0 aromatic heterocycles.